The van der Waals surface area contributed by atoms with Gasteiger partial charge in [-0.15, -0.1) is 0 Å². The molecule has 0 aromatic heterocycles. The second kappa shape index (κ2) is 11.6. The van der Waals surface area contributed by atoms with E-state index >= 15 is 0 Å². The lowest BCUT2D eigenvalue weighted by Gasteiger charge is -2.14. The predicted octanol–water partition coefficient (Wildman–Crippen LogP) is 5.78. The van der Waals surface area contributed by atoms with Gasteiger partial charge in [0.25, 0.3) is 5.91 Å². The van der Waals surface area contributed by atoms with E-state index in [9.17, 15) is 20.1 Å². The summed E-state index contributed by atoms with van der Waals surface area (Å²) in [5.74, 6) is 0.465. The number of hydrogen-bond acceptors (Lipinski definition) is 5. The molecule has 0 bridgehead atoms. The summed E-state index contributed by atoms with van der Waals surface area (Å²) < 4.78 is 7.36. The highest BCUT2D eigenvalue weighted by Crippen LogP contribution is 2.34. The fourth-order valence-electron chi connectivity index (χ4n) is 3.48. The van der Waals surface area contributed by atoms with Crippen LogP contribution in [-0.4, -0.2) is 34.4 Å². The Morgan fingerprint density at radius 1 is 0.912 bits per heavy atom. The van der Waals surface area contributed by atoms with E-state index in [1.165, 1.54) is 12.1 Å². The lowest BCUT2D eigenvalue weighted by Crippen LogP contribution is -2.30. The first-order valence-corrected chi connectivity index (χ1v) is 12.4. The average molecular weight is 593 g/mol. The SMILES string of the molecule is CC(C)c1cc(Cc2c(Br)cc(OCC(=O)NCCc3ccc(O)c(O)c3)cc2Br)ccc1O. The highest BCUT2D eigenvalue weighted by Gasteiger charge is 2.13. The molecule has 0 aliphatic rings. The molecular formula is C26H27Br2NO5. The third-order valence-corrected chi connectivity index (χ3v) is 6.77. The van der Waals surface area contributed by atoms with Crippen LogP contribution >= 0.6 is 31.9 Å². The Morgan fingerprint density at radius 3 is 2.21 bits per heavy atom. The quantitative estimate of drug-likeness (QED) is 0.236. The fraction of sp³-hybridized carbons (Fsp3) is 0.269. The summed E-state index contributed by atoms with van der Waals surface area (Å²) in [5.41, 5.74) is 3.83. The number of carbonyl (C=O) groups is 1. The molecule has 0 atom stereocenters. The molecular weight excluding hydrogens is 566 g/mol. The van der Waals surface area contributed by atoms with Crippen LogP contribution in [0.1, 0.15) is 42.0 Å². The summed E-state index contributed by atoms with van der Waals surface area (Å²) in [7, 11) is 0. The van der Waals surface area contributed by atoms with Crippen LogP contribution in [0.15, 0.2) is 57.5 Å². The van der Waals surface area contributed by atoms with Crippen molar-refractivity contribution in [1.82, 2.24) is 5.32 Å². The molecule has 0 fully saturated rings. The van der Waals surface area contributed by atoms with Crippen molar-refractivity contribution < 1.29 is 24.9 Å². The topological polar surface area (TPSA) is 99.0 Å². The van der Waals surface area contributed by atoms with Crippen LogP contribution in [-0.2, 0) is 17.6 Å². The first kappa shape index (κ1) is 25.9. The van der Waals surface area contributed by atoms with E-state index in [0.717, 1.165) is 31.2 Å². The van der Waals surface area contributed by atoms with E-state index in [2.05, 4.69) is 37.2 Å². The number of benzene rings is 3. The van der Waals surface area contributed by atoms with E-state index in [0.29, 0.717) is 30.9 Å². The van der Waals surface area contributed by atoms with E-state index in [4.69, 9.17) is 4.74 Å². The minimum absolute atomic E-state index is 0.130. The van der Waals surface area contributed by atoms with Gasteiger partial charge in [-0.05, 0) is 71.3 Å². The van der Waals surface area contributed by atoms with Gasteiger partial charge in [-0.3, -0.25) is 4.79 Å². The Hall–Kier alpha value is -2.71. The number of phenolic OH excluding ortho intramolecular Hbond substituents is 3. The molecule has 3 aromatic carbocycles. The molecule has 3 rings (SSSR count). The number of rotatable bonds is 9. The average Bonchev–Trinajstić information content (AvgIpc) is 2.78. The number of aromatic hydroxyl groups is 3. The lowest BCUT2D eigenvalue weighted by atomic mass is 9.96. The molecule has 180 valence electrons. The van der Waals surface area contributed by atoms with Gasteiger partial charge in [0.15, 0.2) is 18.1 Å². The monoisotopic (exact) mass is 591 g/mol. The summed E-state index contributed by atoms with van der Waals surface area (Å²) in [6.45, 7) is 4.34. The Labute approximate surface area is 215 Å². The number of phenols is 3. The Balaban J connectivity index is 1.55. The van der Waals surface area contributed by atoms with E-state index in [1.54, 1.807) is 12.1 Å². The second-order valence-electron chi connectivity index (χ2n) is 8.30. The van der Waals surface area contributed by atoms with Crippen LogP contribution in [0.4, 0.5) is 0 Å². The minimum atomic E-state index is -0.260. The third-order valence-electron chi connectivity index (χ3n) is 5.35. The maximum atomic E-state index is 12.2. The molecule has 0 aliphatic heterocycles. The fourth-order valence-corrected chi connectivity index (χ4v) is 4.91. The van der Waals surface area contributed by atoms with Crippen LogP contribution in [0.5, 0.6) is 23.0 Å². The predicted molar refractivity (Wildman–Crippen MR) is 139 cm³/mol. The zero-order valence-corrected chi connectivity index (χ0v) is 22.1. The van der Waals surface area contributed by atoms with Crippen LogP contribution in [0.25, 0.3) is 0 Å². The maximum Gasteiger partial charge on any atom is 0.257 e. The summed E-state index contributed by atoms with van der Waals surface area (Å²) in [5, 5.41) is 31.7. The Bertz CT molecular complexity index is 1160. The molecule has 8 heteroatoms. The van der Waals surface area contributed by atoms with Gasteiger partial charge in [0.1, 0.15) is 11.5 Å². The third kappa shape index (κ3) is 6.90. The molecule has 0 saturated carbocycles. The van der Waals surface area contributed by atoms with Crippen molar-refractivity contribution in [3.8, 4) is 23.0 Å². The Kier molecular flexibility index (Phi) is 8.85. The highest BCUT2D eigenvalue weighted by molar-refractivity contribution is 9.11. The largest absolute Gasteiger partial charge is 0.508 e. The number of halogens is 2. The van der Waals surface area contributed by atoms with Gasteiger partial charge in [-0.25, -0.2) is 0 Å². The number of nitrogens with one attached hydrogen (secondary N) is 1. The minimum Gasteiger partial charge on any atom is -0.508 e. The van der Waals surface area contributed by atoms with Crippen molar-refractivity contribution in [2.45, 2.75) is 32.6 Å². The standard InChI is InChI=1S/C26H27Br2NO5/c1-15(2)19-9-17(4-5-23(19)30)10-20-21(27)12-18(13-22(20)28)34-14-26(33)29-8-7-16-3-6-24(31)25(32)11-16/h3-6,9,11-13,15,30-32H,7-8,10,14H2,1-2H3,(H,29,33). The second-order valence-corrected chi connectivity index (χ2v) is 10.0. The molecule has 4 N–H and O–H groups in total. The van der Waals surface area contributed by atoms with Gasteiger partial charge >= 0.3 is 0 Å². The van der Waals surface area contributed by atoms with Crippen LogP contribution in [0.2, 0.25) is 0 Å². The molecule has 0 unspecified atom stereocenters. The van der Waals surface area contributed by atoms with Crippen LogP contribution in [0, 0.1) is 0 Å². The van der Waals surface area contributed by atoms with Gasteiger partial charge < -0.3 is 25.4 Å². The van der Waals surface area contributed by atoms with Crippen LogP contribution in [0.3, 0.4) is 0 Å². The lowest BCUT2D eigenvalue weighted by molar-refractivity contribution is -0.123. The van der Waals surface area contributed by atoms with Crippen molar-refractivity contribution in [3.63, 3.8) is 0 Å². The molecule has 1 amide bonds. The van der Waals surface area contributed by atoms with Crippen molar-refractivity contribution >= 4 is 37.8 Å². The first-order chi connectivity index (χ1) is 16.1. The maximum absolute atomic E-state index is 12.2. The number of amides is 1. The van der Waals surface area contributed by atoms with E-state index in [-0.39, 0.29) is 29.9 Å². The summed E-state index contributed by atoms with van der Waals surface area (Å²) in [4.78, 5) is 12.2. The zero-order chi connectivity index (χ0) is 24.8. The summed E-state index contributed by atoms with van der Waals surface area (Å²) in [6.07, 6.45) is 1.18. The number of hydrogen-bond donors (Lipinski definition) is 4. The Morgan fingerprint density at radius 2 is 1.56 bits per heavy atom. The molecule has 0 aliphatic carbocycles. The first-order valence-electron chi connectivity index (χ1n) is 10.8. The summed E-state index contributed by atoms with van der Waals surface area (Å²) in [6, 6.07) is 13.9. The molecule has 0 saturated heterocycles. The highest BCUT2D eigenvalue weighted by atomic mass is 79.9. The molecule has 0 spiro atoms. The van der Waals surface area contributed by atoms with Gasteiger partial charge in [0.05, 0.1) is 0 Å². The van der Waals surface area contributed by atoms with Gasteiger partial charge in [-0.2, -0.15) is 0 Å². The summed E-state index contributed by atoms with van der Waals surface area (Å²) >= 11 is 7.21. The van der Waals surface area contributed by atoms with Gasteiger partial charge in [0.2, 0.25) is 0 Å². The van der Waals surface area contributed by atoms with Crippen molar-refractivity contribution in [2.75, 3.05) is 13.2 Å². The molecule has 6 nitrogen and oxygen atoms in total. The van der Waals surface area contributed by atoms with Crippen molar-refractivity contribution in [3.05, 3.63) is 79.7 Å². The van der Waals surface area contributed by atoms with Crippen molar-refractivity contribution in [1.29, 1.82) is 0 Å². The van der Waals surface area contributed by atoms with Crippen LogP contribution < -0.4 is 10.1 Å². The molecule has 34 heavy (non-hydrogen) atoms. The number of ether oxygens (including phenoxy) is 1. The van der Waals surface area contributed by atoms with Gasteiger partial charge in [-0.1, -0.05) is 63.9 Å². The van der Waals surface area contributed by atoms with Crippen molar-refractivity contribution in [2.24, 2.45) is 0 Å². The molecule has 0 radical (unpaired) electrons. The van der Waals surface area contributed by atoms with E-state index in [1.807, 2.05) is 38.1 Å². The van der Waals surface area contributed by atoms with E-state index < -0.39 is 0 Å². The number of carbonyl (C=O) groups excluding carboxylic acids is 1. The smallest absolute Gasteiger partial charge is 0.257 e. The van der Waals surface area contributed by atoms with Gasteiger partial charge in [0, 0.05) is 15.5 Å². The molecule has 0 heterocycles. The zero-order valence-electron chi connectivity index (χ0n) is 18.9. The molecule has 3 aromatic rings. The normalized spacial score (nSPS) is 11.0.